The molecule has 0 heterocycles. The second kappa shape index (κ2) is 10.9. The summed E-state index contributed by atoms with van der Waals surface area (Å²) in [6, 6.07) is 14.2. The number of methoxy groups -OCH3 is 1. The van der Waals surface area contributed by atoms with E-state index in [1.165, 1.54) is 0 Å². The number of amides is 2. The zero-order valence-corrected chi connectivity index (χ0v) is 18.2. The third kappa shape index (κ3) is 6.50. The Kier molecular flexibility index (Phi) is 8.52. The van der Waals surface area contributed by atoms with Gasteiger partial charge in [-0.05, 0) is 49.6 Å². The Hall–Kier alpha value is -2.53. The molecule has 2 aromatic rings. The van der Waals surface area contributed by atoms with Gasteiger partial charge < -0.3 is 15.0 Å². The number of hydrogen-bond acceptors (Lipinski definition) is 3. The van der Waals surface area contributed by atoms with Crippen LogP contribution in [0.2, 0.25) is 5.02 Å². The Morgan fingerprint density at radius 1 is 1.14 bits per heavy atom. The first-order valence-electron chi connectivity index (χ1n) is 9.81. The normalized spacial score (nSPS) is 12.7. The van der Waals surface area contributed by atoms with Gasteiger partial charge in [-0.1, -0.05) is 48.9 Å². The number of ether oxygens (including phenoxy) is 1. The van der Waals surface area contributed by atoms with Crippen molar-refractivity contribution < 1.29 is 14.3 Å². The maximum Gasteiger partial charge on any atom is 0.242 e. The third-order valence-corrected chi connectivity index (χ3v) is 5.32. The van der Waals surface area contributed by atoms with Gasteiger partial charge in [0, 0.05) is 17.6 Å². The van der Waals surface area contributed by atoms with Crippen LogP contribution in [0.5, 0.6) is 5.75 Å². The Morgan fingerprint density at radius 3 is 2.52 bits per heavy atom. The molecule has 6 heteroatoms. The molecule has 0 bridgehead atoms. The van der Waals surface area contributed by atoms with E-state index in [1.54, 1.807) is 25.0 Å². The predicted octanol–water partition coefficient (Wildman–Crippen LogP) is 4.22. The standard InChI is InChI=1S/C23H29ClN2O3/c1-5-16(2)25-23(28)17(3)26(15-18-9-8-11-20(13-18)29-4)22(27)14-19-10-6-7-12-21(19)24/h6-13,16-17H,5,14-15H2,1-4H3,(H,25,28). The topological polar surface area (TPSA) is 58.6 Å². The van der Waals surface area contributed by atoms with E-state index in [-0.39, 0.29) is 24.3 Å². The molecule has 1 N–H and O–H groups in total. The van der Waals surface area contributed by atoms with Gasteiger partial charge in [0.15, 0.2) is 0 Å². The molecule has 0 spiro atoms. The first kappa shape index (κ1) is 22.8. The molecule has 156 valence electrons. The van der Waals surface area contributed by atoms with E-state index in [4.69, 9.17) is 16.3 Å². The van der Waals surface area contributed by atoms with Crippen LogP contribution in [0.25, 0.3) is 0 Å². The first-order chi connectivity index (χ1) is 13.8. The van der Waals surface area contributed by atoms with Crippen molar-refractivity contribution >= 4 is 23.4 Å². The van der Waals surface area contributed by atoms with E-state index in [0.29, 0.717) is 17.3 Å². The Balaban J connectivity index is 2.26. The van der Waals surface area contributed by atoms with Crippen LogP contribution in [-0.4, -0.2) is 35.9 Å². The summed E-state index contributed by atoms with van der Waals surface area (Å²) in [5, 5.41) is 3.51. The minimum absolute atomic E-state index is 0.0438. The number of halogens is 1. The van der Waals surface area contributed by atoms with E-state index in [9.17, 15) is 9.59 Å². The van der Waals surface area contributed by atoms with Crippen molar-refractivity contribution in [3.05, 3.63) is 64.7 Å². The zero-order valence-electron chi connectivity index (χ0n) is 17.4. The monoisotopic (exact) mass is 416 g/mol. The van der Waals surface area contributed by atoms with E-state index in [0.717, 1.165) is 17.5 Å². The SMILES string of the molecule is CCC(C)NC(=O)C(C)N(Cc1cccc(OC)c1)C(=O)Cc1ccccc1Cl. The van der Waals surface area contributed by atoms with Gasteiger partial charge in [-0.15, -0.1) is 0 Å². The maximum atomic E-state index is 13.2. The summed E-state index contributed by atoms with van der Waals surface area (Å²) in [4.78, 5) is 27.5. The first-order valence-corrected chi connectivity index (χ1v) is 10.2. The summed E-state index contributed by atoms with van der Waals surface area (Å²) in [6.07, 6.45) is 0.951. The Labute approximate surface area is 178 Å². The molecule has 0 aliphatic heterocycles. The molecule has 0 aliphatic carbocycles. The Morgan fingerprint density at radius 2 is 1.86 bits per heavy atom. The van der Waals surface area contributed by atoms with E-state index in [2.05, 4.69) is 5.32 Å². The molecule has 2 amide bonds. The molecule has 0 fully saturated rings. The van der Waals surface area contributed by atoms with E-state index >= 15 is 0 Å². The lowest BCUT2D eigenvalue weighted by Crippen LogP contribution is -2.49. The molecule has 29 heavy (non-hydrogen) atoms. The minimum atomic E-state index is -0.620. The largest absolute Gasteiger partial charge is 0.497 e. The predicted molar refractivity (Wildman–Crippen MR) is 116 cm³/mol. The summed E-state index contributed by atoms with van der Waals surface area (Å²) in [5.74, 6) is 0.375. The van der Waals surface area contributed by atoms with Crippen LogP contribution in [0.3, 0.4) is 0 Å². The van der Waals surface area contributed by atoms with Gasteiger partial charge >= 0.3 is 0 Å². The molecular formula is C23H29ClN2O3. The number of benzene rings is 2. The molecule has 0 saturated carbocycles. The van der Waals surface area contributed by atoms with Crippen LogP contribution in [-0.2, 0) is 22.6 Å². The third-order valence-electron chi connectivity index (χ3n) is 4.95. The molecule has 0 saturated heterocycles. The van der Waals surface area contributed by atoms with Crippen LogP contribution in [0.1, 0.15) is 38.3 Å². The molecular weight excluding hydrogens is 388 g/mol. The summed E-state index contributed by atoms with van der Waals surface area (Å²) in [6.45, 7) is 6.01. The molecule has 5 nitrogen and oxygen atoms in total. The maximum absolute atomic E-state index is 13.2. The van der Waals surface area contributed by atoms with Crippen molar-refractivity contribution in [2.24, 2.45) is 0 Å². The van der Waals surface area contributed by atoms with Gasteiger partial charge in [0.25, 0.3) is 0 Å². The average Bonchev–Trinajstić information content (AvgIpc) is 2.73. The highest BCUT2D eigenvalue weighted by molar-refractivity contribution is 6.31. The summed E-state index contributed by atoms with van der Waals surface area (Å²) in [7, 11) is 1.60. The summed E-state index contributed by atoms with van der Waals surface area (Å²) < 4.78 is 5.28. The van der Waals surface area contributed by atoms with E-state index in [1.807, 2.05) is 56.3 Å². The summed E-state index contributed by atoms with van der Waals surface area (Å²) in [5.41, 5.74) is 1.63. The molecule has 0 radical (unpaired) electrons. The van der Waals surface area contributed by atoms with Gasteiger partial charge in [0.05, 0.1) is 13.5 Å². The quantitative estimate of drug-likeness (QED) is 0.665. The fraction of sp³-hybridized carbons (Fsp3) is 0.391. The van der Waals surface area contributed by atoms with Crippen molar-refractivity contribution in [2.75, 3.05) is 7.11 Å². The lowest BCUT2D eigenvalue weighted by Gasteiger charge is -2.30. The molecule has 2 rings (SSSR count). The van der Waals surface area contributed by atoms with E-state index < -0.39 is 6.04 Å². The van der Waals surface area contributed by atoms with Gasteiger partial charge in [-0.25, -0.2) is 0 Å². The highest BCUT2D eigenvalue weighted by atomic mass is 35.5. The molecule has 0 aliphatic rings. The number of carbonyl (C=O) groups excluding carboxylic acids is 2. The van der Waals surface area contributed by atoms with Crippen LogP contribution < -0.4 is 10.1 Å². The smallest absolute Gasteiger partial charge is 0.242 e. The van der Waals surface area contributed by atoms with Crippen molar-refractivity contribution in [1.29, 1.82) is 0 Å². The van der Waals surface area contributed by atoms with Crippen molar-refractivity contribution in [3.8, 4) is 5.75 Å². The fourth-order valence-electron chi connectivity index (χ4n) is 2.92. The van der Waals surface area contributed by atoms with Crippen LogP contribution in [0, 0.1) is 0 Å². The van der Waals surface area contributed by atoms with Gasteiger partial charge in [0.2, 0.25) is 11.8 Å². The zero-order chi connectivity index (χ0) is 21.4. The lowest BCUT2D eigenvalue weighted by molar-refractivity contribution is -0.140. The number of rotatable bonds is 9. The van der Waals surface area contributed by atoms with Gasteiger partial charge in [-0.2, -0.15) is 0 Å². The number of nitrogens with one attached hydrogen (secondary N) is 1. The Bertz CT molecular complexity index is 840. The van der Waals surface area contributed by atoms with Crippen molar-refractivity contribution in [2.45, 2.75) is 52.2 Å². The van der Waals surface area contributed by atoms with Gasteiger partial charge in [0.1, 0.15) is 11.8 Å². The second-order valence-electron chi connectivity index (χ2n) is 7.14. The number of nitrogens with zero attached hydrogens (tertiary/aromatic N) is 1. The lowest BCUT2D eigenvalue weighted by atomic mass is 10.1. The molecule has 2 atom stereocenters. The minimum Gasteiger partial charge on any atom is -0.497 e. The van der Waals surface area contributed by atoms with Crippen molar-refractivity contribution in [1.82, 2.24) is 10.2 Å². The molecule has 2 aromatic carbocycles. The van der Waals surface area contributed by atoms with Crippen LogP contribution in [0.4, 0.5) is 0 Å². The van der Waals surface area contributed by atoms with Crippen LogP contribution in [0.15, 0.2) is 48.5 Å². The average molecular weight is 417 g/mol. The number of carbonyl (C=O) groups is 2. The second-order valence-corrected chi connectivity index (χ2v) is 7.54. The molecule has 0 aromatic heterocycles. The fourth-order valence-corrected chi connectivity index (χ4v) is 3.12. The highest BCUT2D eigenvalue weighted by Crippen LogP contribution is 2.20. The summed E-state index contributed by atoms with van der Waals surface area (Å²) >= 11 is 6.24. The van der Waals surface area contributed by atoms with Gasteiger partial charge in [-0.3, -0.25) is 9.59 Å². The highest BCUT2D eigenvalue weighted by Gasteiger charge is 2.27. The number of hydrogen-bond donors (Lipinski definition) is 1. The molecule has 2 unspecified atom stereocenters. The van der Waals surface area contributed by atoms with Crippen LogP contribution >= 0.6 is 11.6 Å². The van der Waals surface area contributed by atoms with Crippen molar-refractivity contribution in [3.63, 3.8) is 0 Å².